The predicted molar refractivity (Wildman–Crippen MR) is 123 cm³/mol. The molecule has 0 aliphatic heterocycles. The van der Waals surface area contributed by atoms with Crippen molar-refractivity contribution in [3.63, 3.8) is 0 Å². The quantitative estimate of drug-likeness (QED) is 0.372. The minimum Gasteiger partial charge on any atom is -0.497 e. The average Bonchev–Trinajstić information content (AvgIpc) is 2.78. The van der Waals surface area contributed by atoms with E-state index in [9.17, 15) is 21.6 Å². The molecule has 0 bridgehead atoms. The van der Waals surface area contributed by atoms with Gasteiger partial charge in [0.25, 0.3) is 10.0 Å². The highest BCUT2D eigenvalue weighted by Crippen LogP contribution is 2.31. The molecule has 0 atom stereocenters. The van der Waals surface area contributed by atoms with Gasteiger partial charge in [-0.15, -0.1) is 0 Å². The Labute approximate surface area is 193 Å². The van der Waals surface area contributed by atoms with Crippen LogP contribution in [0.1, 0.15) is 11.1 Å². The number of sulfonamides is 1. The largest absolute Gasteiger partial charge is 0.497 e. The molecule has 0 spiro atoms. The number of halogens is 3. The van der Waals surface area contributed by atoms with Gasteiger partial charge in [-0.25, -0.2) is 18.4 Å². The first-order valence-corrected chi connectivity index (χ1v) is 11.4. The molecule has 2 N–H and O–H groups in total. The smallest absolute Gasteiger partial charge is 0.416 e. The zero-order valence-corrected chi connectivity index (χ0v) is 18.8. The van der Waals surface area contributed by atoms with Crippen molar-refractivity contribution >= 4 is 38.4 Å². The molecule has 1 aromatic heterocycles. The Morgan fingerprint density at radius 3 is 2.09 bits per heavy atom. The molecular weight excluding hydrogens is 469 g/mol. The van der Waals surface area contributed by atoms with Crippen LogP contribution in [0.25, 0.3) is 11.0 Å². The van der Waals surface area contributed by atoms with E-state index >= 15 is 0 Å². The van der Waals surface area contributed by atoms with Gasteiger partial charge in [0.05, 0.1) is 28.6 Å². The van der Waals surface area contributed by atoms with Gasteiger partial charge in [0.1, 0.15) is 5.75 Å². The second-order valence-corrected chi connectivity index (χ2v) is 9.08. The summed E-state index contributed by atoms with van der Waals surface area (Å²) in [7, 11) is -2.74. The van der Waals surface area contributed by atoms with E-state index in [4.69, 9.17) is 4.74 Å². The van der Waals surface area contributed by atoms with Crippen molar-refractivity contribution in [3.8, 4) is 5.75 Å². The number of alkyl halides is 3. The van der Waals surface area contributed by atoms with Gasteiger partial charge in [-0.05, 0) is 61.0 Å². The normalized spacial score (nSPS) is 11.9. The van der Waals surface area contributed by atoms with Crippen LogP contribution in [0, 0.1) is 6.92 Å². The van der Waals surface area contributed by atoms with Crippen molar-refractivity contribution in [1.29, 1.82) is 0 Å². The van der Waals surface area contributed by atoms with Crippen molar-refractivity contribution in [2.24, 2.45) is 0 Å². The summed E-state index contributed by atoms with van der Waals surface area (Å²) in [5.41, 5.74) is 1.47. The molecule has 11 heteroatoms. The van der Waals surface area contributed by atoms with E-state index in [0.29, 0.717) is 34.6 Å². The first-order valence-electron chi connectivity index (χ1n) is 9.95. The van der Waals surface area contributed by atoms with Gasteiger partial charge in [0, 0.05) is 11.8 Å². The van der Waals surface area contributed by atoms with E-state index in [1.165, 1.54) is 7.11 Å². The molecule has 176 valence electrons. The summed E-state index contributed by atoms with van der Waals surface area (Å²) in [6.45, 7) is 1.87. The Morgan fingerprint density at radius 2 is 1.50 bits per heavy atom. The molecule has 7 nitrogen and oxygen atoms in total. The van der Waals surface area contributed by atoms with Crippen LogP contribution in [0.2, 0.25) is 0 Å². The number of nitrogens with zero attached hydrogens (tertiary/aromatic N) is 2. The molecule has 0 saturated carbocycles. The lowest BCUT2D eigenvalue weighted by molar-refractivity contribution is -0.137. The van der Waals surface area contributed by atoms with Crippen molar-refractivity contribution in [2.45, 2.75) is 18.0 Å². The van der Waals surface area contributed by atoms with Crippen LogP contribution in [-0.2, 0) is 16.2 Å². The van der Waals surface area contributed by atoms with Crippen molar-refractivity contribution < 1.29 is 26.3 Å². The maximum absolute atomic E-state index is 12.9. The fourth-order valence-corrected chi connectivity index (χ4v) is 4.25. The molecule has 0 fully saturated rings. The summed E-state index contributed by atoms with van der Waals surface area (Å²) in [5.74, 6) is 0.587. The summed E-state index contributed by atoms with van der Waals surface area (Å²) in [6, 6.07) is 15.4. The minimum atomic E-state index is -4.58. The highest BCUT2D eigenvalue weighted by molar-refractivity contribution is 7.92. The van der Waals surface area contributed by atoms with Gasteiger partial charge in [-0.3, -0.25) is 4.72 Å². The third-order valence-electron chi connectivity index (χ3n) is 4.84. The Morgan fingerprint density at radius 1 is 0.882 bits per heavy atom. The number of ether oxygens (including phenoxy) is 1. The number of rotatable bonds is 6. The summed E-state index contributed by atoms with van der Waals surface area (Å²) in [4.78, 5) is 8.52. The zero-order valence-electron chi connectivity index (χ0n) is 18.0. The van der Waals surface area contributed by atoms with Gasteiger partial charge >= 0.3 is 6.18 Å². The lowest BCUT2D eigenvalue weighted by Crippen LogP contribution is -2.16. The molecule has 34 heavy (non-hydrogen) atoms. The number of aromatic nitrogens is 2. The van der Waals surface area contributed by atoms with Gasteiger partial charge in [0.15, 0.2) is 11.6 Å². The van der Waals surface area contributed by atoms with Crippen LogP contribution >= 0.6 is 0 Å². The van der Waals surface area contributed by atoms with Crippen LogP contribution < -0.4 is 14.8 Å². The Kier molecular flexibility index (Phi) is 6.05. The van der Waals surface area contributed by atoms with E-state index in [-0.39, 0.29) is 16.5 Å². The number of nitrogens with one attached hydrogen (secondary N) is 2. The van der Waals surface area contributed by atoms with Gasteiger partial charge in [0.2, 0.25) is 0 Å². The highest BCUT2D eigenvalue weighted by atomic mass is 32.2. The number of methoxy groups -OCH3 is 1. The molecule has 4 aromatic rings. The molecule has 1 heterocycles. The molecule has 4 rings (SSSR count). The third kappa shape index (κ3) is 5.04. The van der Waals surface area contributed by atoms with E-state index in [0.717, 1.165) is 17.7 Å². The third-order valence-corrected chi connectivity index (χ3v) is 6.20. The Hall–Kier alpha value is -3.86. The number of benzene rings is 3. The van der Waals surface area contributed by atoms with Crippen molar-refractivity contribution in [1.82, 2.24) is 9.97 Å². The fraction of sp³-hybridized carbons (Fsp3) is 0.130. The zero-order chi connectivity index (χ0) is 24.5. The van der Waals surface area contributed by atoms with E-state index in [1.54, 1.807) is 30.3 Å². The molecule has 0 radical (unpaired) electrons. The second-order valence-electron chi connectivity index (χ2n) is 7.40. The summed E-state index contributed by atoms with van der Waals surface area (Å²) < 4.78 is 72.1. The molecule has 0 aliphatic rings. The maximum Gasteiger partial charge on any atom is 0.416 e. The number of aryl methyl sites for hydroxylation is 1. The van der Waals surface area contributed by atoms with E-state index < -0.39 is 21.8 Å². The van der Waals surface area contributed by atoms with E-state index in [1.807, 2.05) is 19.1 Å². The lowest BCUT2D eigenvalue weighted by Gasteiger charge is -2.15. The molecule has 0 aliphatic carbocycles. The van der Waals surface area contributed by atoms with Gasteiger partial charge in [-0.2, -0.15) is 13.2 Å². The second kappa shape index (κ2) is 8.82. The number of anilines is 3. The van der Waals surface area contributed by atoms with Crippen LogP contribution in [0.3, 0.4) is 0 Å². The maximum atomic E-state index is 12.9. The Balaban J connectivity index is 1.74. The Bertz CT molecular complexity index is 1460. The fourth-order valence-electron chi connectivity index (χ4n) is 3.24. The topological polar surface area (TPSA) is 93.2 Å². The molecular formula is C23H19F3N4O3S. The molecule has 0 unspecified atom stereocenters. The SMILES string of the molecule is COc1cc(C)cc(Nc2nc3ccccc3nc2NS(=O)(=O)c2ccc(C(F)(F)F)cc2)c1. The lowest BCUT2D eigenvalue weighted by atomic mass is 10.2. The monoisotopic (exact) mass is 488 g/mol. The summed E-state index contributed by atoms with van der Waals surface area (Å²) in [5, 5.41) is 3.05. The first kappa shape index (κ1) is 23.3. The van der Waals surface area contributed by atoms with Gasteiger partial charge in [-0.1, -0.05) is 12.1 Å². The van der Waals surface area contributed by atoms with Crippen LogP contribution in [0.15, 0.2) is 71.6 Å². The number of fused-ring (bicyclic) bond motifs is 1. The number of hydrogen-bond acceptors (Lipinski definition) is 6. The van der Waals surface area contributed by atoms with Crippen LogP contribution in [0.4, 0.5) is 30.5 Å². The predicted octanol–water partition coefficient (Wildman–Crippen LogP) is 5.51. The van der Waals surface area contributed by atoms with E-state index in [2.05, 4.69) is 20.0 Å². The molecule has 3 aromatic carbocycles. The van der Waals surface area contributed by atoms with Crippen molar-refractivity contribution in [2.75, 3.05) is 17.1 Å². The standard InChI is InChI=1S/C23H19F3N4O3S/c1-14-11-16(13-17(12-14)33-2)27-21-22(29-20-6-4-3-5-19(20)28-21)30-34(31,32)18-9-7-15(8-10-18)23(24,25)26/h3-13H,1-2H3,(H,27,28)(H,29,30). The van der Waals surface area contributed by atoms with Crippen LogP contribution in [-0.4, -0.2) is 25.5 Å². The number of para-hydroxylation sites is 2. The summed E-state index contributed by atoms with van der Waals surface area (Å²) in [6.07, 6.45) is -4.58. The minimum absolute atomic E-state index is 0.112. The summed E-state index contributed by atoms with van der Waals surface area (Å²) >= 11 is 0. The molecule has 0 saturated heterocycles. The molecule has 0 amide bonds. The highest BCUT2D eigenvalue weighted by Gasteiger charge is 2.31. The average molecular weight is 488 g/mol. The van der Waals surface area contributed by atoms with Crippen molar-refractivity contribution in [3.05, 3.63) is 77.9 Å². The van der Waals surface area contributed by atoms with Gasteiger partial charge < -0.3 is 10.1 Å². The first-order chi connectivity index (χ1) is 16.0. The van der Waals surface area contributed by atoms with Crippen LogP contribution in [0.5, 0.6) is 5.75 Å². The number of hydrogen-bond donors (Lipinski definition) is 2.